The highest BCUT2D eigenvalue weighted by Crippen LogP contribution is 2.04. The first kappa shape index (κ1) is 19.6. The van der Waals surface area contributed by atoms with Gasteiger partial charge in [-0.1, -0.05) is 68.7 Å². The van der Waals surface area contributed by atoms with Crippen molar-refractivity contribution in [3.05, 3.63) is 42.0 Å². The van der Waals surface area contributed by atoms with Crippen molar-refractivity contribution < 1.29 is 10.2 Å². The van der Waals surface area contributed by atoms with Crippen LogP contribution in [0, 0.1) is 0 Å². The van der Waals surface area contributed by atoms with E-state index >= 15 is 0 Å². The number of aliphatic hydroxyl groups excluding tert-OH is 2. The molecule has 5 heteroatoms. The quantitative estimate of drug-likeness (QED) is 0.390. The lowest BCUT2D eigenvalue weighted by Gasteiger charge is -2.22. The SMILES string of the molecule is CCCCCCNC(=S)NC(CO)C(O)C=Cc1ccccc1. The van der Waals surface area contributed by atoms with Gasteiger partial charge in [0.15, 0.2) is 5.11 Å². The zero-order valence-electron chi connectivity index (χ0n) is 13.7. The normalized spacial score (nSPS) is 13.7. The summed E-state index contributed by atoms with van der Waals surface area (Å²) in [6, 6.07) is 9.19. The lowest BCUT2D eigenvalue weighted by molar-refractivity contribution is 0.134. The molecule has 0 amide bonds. The molecule has 1 aromatic rings. The standard InChI is InChI=1S/C18H28N2O2S/c1-2-3-4-8-13-19-18(23)20-16(14-21)17(22)12-11-15-9-6-5-7-10-15/h5-7,9-12,16-17,21-22H,2-4,8,13-14H2,1H3,(H2,19,20,23). The van der Waals surface area contributed by atoms with E-state index in [4.69, 9.17) is 12.2 Å². The van der Waals surface area contributed by atoms with Crippen LogP contribution in [0.2, 0.25) is 0 Å². The summed E-state index contributed by atoms with van der Waals surface area (Å²) in [5.74, 6) is 0. The number of aliphatic hydroxyl groups is 2. The van der Waals surface area contributed by atoms with Crippen LogP contribution in [0.1, 0.15) is 38.2 Å². The average molecular weight is 337 g/mol. The van der Waals surface area contributed by atoms with Gasteiger partial charge in [0.25, 0.3) is 0 Å². The highest BCUT2D eigenvalue weighted by molar-refractivity contribution is 7.80. The Bertz CT molecular complexity index is 465. The molecule has 2 unspecified atom stereocenters. The maximum absolute atomic E-state index is 10.2. The second-order valence-electron chi connectivity index (χ2n) is 5.51. The van der Waals surface area contributed by atoms with Gasteiger partial charge in [-0.3, -0.25) is 0 Å². The Balaban J connectivity index is 2.36. The molecule has 0 aromatic heterocycles. The van der Waals surface area contributed by atoms with E-state index in [1.807, 2.05) is 36.4 Å². The molecule has 0 spiro atoms. The van der Waals surface area contributed by atoms with Crippen molar-refractivity contribution in [1.29, 1.82) is 0 Å². The van der Waals surface area contributed by atoms with Crippen molar-refractivity contribution in [3.63, 3.8) is 0 Å². The molecular formula is C18H28N2O2S. The second-order valence-corrected chi connectivity index (χ2v) is 5.92. The van der Waals surface area contributed by atoms with E-state index < -0.39 is 12.1 Å². The summed E-state index contributed by atoms with van der Waals surface area (Å²) < 4.78 is 0. The zero-order valence-corrected chi connectivity index (χ0v) is 14.6. The summed E-state index contributed by atoms with van der Waals surface area (Å²) in [4.78, 5) is 0. The Morgan fingerprint density at radius 1 is 1.22 bits per heavy atom. The fraction of sp³-hybridized carbons (Fsp3) is 0.500. The van der Waals surface area contributed by atoms with Crippen molar-refractivity contribution in [2.75, 3.05) is 13.2 Å². The number of thiocarbonyl (C=S) groups is 1. The van der Waals surface area contributed by atoms with Crippen molar-refractivity contribution >= 4 is 23.4 Å². The predicted octanol–water partition coefficient (Wildman–Crippen LogP) is 2.47. The van der Waals surface area contributed by atoms with Crippen LogP contribution in [-0.2, 0) is 0 Å². The van der Waals surface area contributed by atoms with Crippen molar-refractivity contribution in [2.24, 2.45) is 0 Å². The maximum atomic E-state index is 10.2. The van der Waals surface area contributed by atoms with E-state index in [0.717, 1.165) is 18.5 Å². The van der Waals surface area contributed by atoms with Crippen molar-refractivity contribution in [2.45, 2.75) is 44.8 Å². The summed E-state index contributed by atoms with van der Waals surface area (Å²) in [5, 5.41) is 26.1. The minimum absolute atomic E-state index is 0.196. The Morgan fingerprint density at radius 3 is 2.61 bits per heavy atom. The second kappa shape index (κ2) is 12.0. The van der Waals surface area contributed by atoms with E-state index in [2.05, 4.69) is 17.6 Å². The number of hydrogen-bond acceptors (Lipinski definition) is 3. The molecule has 128 valence electrons. The molecule has 0 aliphatic carbocycles. The first-order chi connectivity index (χ1) is 11.2. The van der Waals surface area contributed by atoms with Gasteiger partial charge >= 0.3 is 0 Å². The van der Waals surface area contributed by atoms with E-state index in [1.165, 1.54) is 19.3 Å². The molecule has 0 bridgehead atoms. The minimum atomic E-state index is -0.819. The minimum Gasteiger partial charge on any atom is -0.394 e. The van der Waals surface area contributed by atoms with Crippen LogP contribution >= 0.6 is 12.2 Å². The molecule has 1 rings (SSSR count). The van der Waals surface area contributed by atoms with Crippen LogP contribution in [0.4, 0.5) is 0 Å². The molecule has 0 radical (unpaired) electrons. The third-order valence-corrected chi connectivity index (χ3v) is 3.79. The zero-order chi connectivity index (χ0) is 16.9. The monoisotopic (exact) mass is 336 g/mol. The summed E-state index contributed by atoms with van der Waals surface area (Å²) in [7, 11) is 0. The van der Waals surface area contributed by atoms with Gasteiger partial charge in [-0.2, -0.15) is 0 Å². The van der Waals surface area contributed by atoms with E-state index in [0.29, 0.717) is 5.11 Å². The summed E-state index contributed by atoms with van der Waals surface area (Å²) in [6.45, 7) is 2.79. The molecular weight excluding hydrogens is 308 g/mol. The van der Waals surface area contributed by atoms with E-state index in [9.17, 15) is 10.2 Å². The summed E-state index contributed by atoms with van der Waals surface area (Å²) in [5.41, 5.74) is 1.000. The first-order valence-electron chi connectivity index (χ1n) is 8.24. The number of nitrogens with one attached hydrogen (secondary N) is 2. The average Bonchev–Trinajstić information content (AvgIpc) is 2.58. The summed E-state index contributed by atoms with van der Waals surface area (Å²) in [6.07, 6.45) is 7.34. The smallest absolute Gasteiger partial charge is 0.166 e. The van der Waals surface area contributed by atoms with Gasteiger partial charge in [-0.25, -0.2) is 0 Å². The first-order valence-corrected chi connectivity index (χ1v) is 8.64. The van der Waals surface area contributed by atoms with Crippen LogP contribution in [0.3, 0.4) is 0 Å². The largest absolute Gasteiger partial charge is 0.394 e. The highest BCUT2D eigenvalue weighted by atomic mass is 32.1. The van der Waals surface area contributed by atoms with Crippen LogP contribution in [-0.4, -0.2) is 40.6 Å². The number of rotatable bonds is 10. The molecule has 4 N–H and O–H groups in total. The Hall–Kier alpha value is -1.43. The number of hydrogen-bond donors (Lipinski definition) is 4. The Morgan fingerprint density at radius 2 is 1.96 bits per heavy atom. The molecule has 4 nitrogen and oxygen atoms in total. The van der Waals surface area contributed by atoms with E-state index in [-0.39, 0.29) is 6.61 Å². The van der Waals surface area contributed by atoms with Crippen molar-refractivity contribution in [3.8, 4) is 0 Å². The lowest BCUT2D eigenvalue weighted by atomic mass is 10.1. The van der Waals surface area contributed by atoms with Crippen LogP contribution in [0.15, 0.2) is 36.4 Å². The molecule has 0 saturated heterocycles. The van der Waals surface area contributed by atoms with Crippen LogP contribution in [0.25, 0.3) is 6.08 Å². The van der Waals surface area contributed by atoms with Crippen LogP contribution in [0.5, 0.6) is 0 Å². The third-order valence-electron chi connectivity index (χ3n) is 3.53. The summed E-state index contributed by atoms with van der Waals surface area (Å²) >= 11 is 5.20. The molecule has 2 atom stereocenters. The van der Waals surface area contributed by atoms with Crippen LogP contribution < -0.4 is 10.6 Å². The van der Waals surface area contributed by atoms with Gasteiger partial charge in [0.1, 0.15) is 0 Å². The Labute approximate surface area is 144 Å². The fourth-order valence-corrected chi connectivity index (χ4v) is 2.37. The number of benzene rings is 1. The van der Waals surface area contributed by atoms with Gasteiger partial charge in [-0.15, -0.1) is 0 Å². The molecule has 1 aromatic carbocycles. The molecule has 0 saturated carbocycles. The van der Waals surface area contributed by atoms with E-state index in [1.54, 1.807) is 6.08 Å². The molecule has 23 heavy (non-hydrogen) atoms. The molecule has 0 aliphatic heterocycles. The van der Waals surface area contributed by atoms with Gasteiger partial charge in [-0.05, 0) is 24.2 Å². The lowest BCUT2D eigenvalue weighted by Crippen LogP contribution is -2.49. The topological polar surface area (TPSA) is 64.5 Å². The molecule has 0 heterocycles. The van der Waals surface area contributed by atoms with Crippen molar-refractivity contribution in [1.82, 2.24) is 10.6 Å². The third kappa shape index (κ3) is 8.69. The fourth-order valence-electron chi connectivity index (χ4n) is 2.12. The number of unbranched alkanes of at least 4 members (excludes halogenated alkanes) is 3. The molecule has 0 fully saturated rings. The predicted molar refractivity (Wildman–Crippen MR) is 100 cm³/mol. The van der Waals surface area contributed by atoms with Gasteiger partial charge in [0.2, 0.25) is 0 Å². The van der Waals surface area contributed by atoms with Gasteiger partial charge in [0, 0.05) is 6.54 Å². The Kier molecular flexibility index (Phi) is 10.3. The molecule has 0 aliphatic rings. The maximum Gasteiger partial charge on any atom is 0.166 e. The van der Waals surface area contributed by atoms with Gasteiger partial charge in [0.05, 0.1) is 18.8 Å². The highest BCUT2D eigenvalue weighted by Gasteiger charge is 2.16. The van der Waals surface area contributed by atoms with Gasteiger partial charge < -0.3 is 20.8 Å².